The number of morpholine rings is 1. The SMILES string of the molecule is CC(C)CC(CNc1ccc(C#N)c(Cl)c1)N1CCOCC1. The first-order valence-electron chi connectivity index (χ1n) is 7.85. The highest BCUT2D eigenvalue weighted by atomic mass is 35.5. The molecule has 1 aliphatic heterocycles. The molecule has 1 fully saturated rings. The molecule has 4 nitrogen and oxygen atoms in total. The molecule has 0 bridgehead atoms. The van der Waals surface area contributed by atoms with Crippen LogP contribution in [0.1, 0.15) is 25.8 Å². The van der Waals surface area contributed by atoms with Crippen molar-refractivity contribution in [1.29, 1.82) is 5.26 Å². The van der Waals surface area contributed by atoms with Gasteiger partial charge in [-0.2, -0.15) is 5.26 Å². The van der Waals surface area contributed by atoms with Gasteiger partial charge in [0.05, 0.1) is 23.8 Å². The van der Waals surface area contributed by atoms with Crippen LogP contribution in [-0.4, -0.2) is 43.8 Å². The third-order valence-corrected chi connectivity index (χ3v) is 4.25. The van der Waals surface area contributed by atoms with Crippen LogP contribution in [0, 0.1) is 17.2 Å². The normalized spacial score (nSPS) is 17.2. The zero-order valence-electron chi connectivity index (χ0n) is 13.3. The van der Waals surface area contributed by atoms with Crippen molar-refractivity contribution < 1.29 is 4.74 Å². The predicted molar refractivity (Wildman–Crippen MR) is 90.3 cm³/mol. The van der Waals surface area contributed by atoms with Gasteiger partial charge >= 0.3 is 0 Å². The number of anilines is 1. The molecule has 0 radical (unpaired) electrons. The van der Waals surface area contributed by atoms with E-state index in [-0.39, 0.29) is 0 Å². The van der Waals surface area contributed by atoms with Crippen LogP contribution in [0.2, 0.25) is 5.02 Å². The van der Waals surface area contributed by atoms with Crippen molar-refractivity contribution in [2.24, 2.45) is 5.92 Å². The quantitative estimate of drug-likeness (QED) is 0.872. The maximum Gasteiger partial charge on any atom is 0.101 e. The lowest BCUT2D eigenvalue weighted by molar-refractivity contribution is 0.0151. The van der Waals surface area contributed by atoms with Crippen molar-refractivity contribution in [1.82, 2.24) is 4.90 Å². The van der Waals surface area contributed by atoms with Crippen LogP contribution in [0.3, 0.4) is 0 Å². The first-order valence-corrected chi connectivity index (χ1v) is 8.23. The summed E-state index contributed by atoms with van der Waals surface area (Å²) in [5, 5.41) is 12.9. The molecule has 1 aliphatic rings. The molecule has 0 amide bonds. The van der Waals surface area contributed by atoms with Crippen LogP contribution in [0.4, 0.5) is 5.69 Å². The largest absolute Gasteiger partial charge is 0.383 e. The van der Waals surface area contributed by atoms with Gasteiger partial charge in [0, 0.05) is 31.4 Å². The highest BCUT2D eigenvalue weighted by Crippen LogP contribution is 2.21. The van der Waals surface area contributed by atoms with Gasteiger partial charge in [-0.25, -0.2) is 0 Å². The van der Waals surface area contributed by atoms with Crippen LogP contribution in [0.25, 0.3) is 0 Å². The average Bonchev–Trinajstić information content (AvgIpc) is 2.52. The predicted octanol–water partition coefficient (Wildman–Crippen LogP) is 3.37. The Bertz CT molecular complexity index is 521. The Kier molecular flexibility index (Phi) is 6.50. The lowest BCUT2D eigenvalue weighted by Gasteiger charge is -2.35. The smallest absolute Gasteiger partial charge is 0.101 e. The van der Waals surface area contributed by atoms with Crippen LogP contribution >= 0.6 is 11.6 Å². The molecule has 0 saturated carbocycles. The maximum atomic E-state index is 8.92. The number of hydrogen-bond donors (Lipinski definition) is 1. The number of nitrogens with zero attached hydrogens (tertiary/aromatic N) is 2. The fraction of sp³-hybridized carbons (Fsp3) is 0.588. The summed E-state index contributed by atoms with van der Waals surface area (Å²) in [6, 6.07) is 8.07. The lowest BCUT2D eigenvalue weighted by Crippen LogP contribution is -2.47. The molecule has 5 heteroatoms. The summed E-state index contributed by atoms with van der Waals surface area (Å²) in [4.78, 5) is 2.50. The molecule has 1 saturated heterocycles. The van der Waals surface area contributed by atoms with E-state index in [0.29, 0.717) is 22.5 Å². The Labute approximate surface area is 138 Å². The second kappa shape index (κ2) is 8.38. The number of ether oxygens (including phenoxy) is 1. The molecular formula is C17H24ClN3O. The highest BCUT2D eigenvalue weighted by molar-refractivity contribution is 6.32. The second-order valence-corrected chi connectivity index (χ2v) is 6.53. The fourth-order valence-corrected chi connectivity index (χ4v) is 3.02. The number of nitrogens with one attached hydrogen (secondary N) is 1. The molecule has 1 N–H and O–H groups in total. The summed E-state index contributed by atoms with van der Waals surface area (Å²) in [7, 11) is 0. The van der Waals surface area contributed by atoms with Gasteiger partial charge in [-0.15, -0.1) is 0 Å². The average molecular weight is 322 g/mol. The molecule has 0 spiro atoms. The first-order chi connectivity index (χ1) is 10.6. The Morgan fingerprint density at radius 3 is 2.68 bits per heavy atom. The zero-order chi connectivity index (χ0) is 15.9. The minimum absolute atomic E-state index is 0.485. The monoisotopic (exact) mass is 321 g/mol. The molecule has 1 aromatic carbocycles. The third-order valence-electron chi connectivity index (χ3n) is 3.94. The minimum atomic E-state index is 0.485. The number of benzene rings is 1. The summed E-state index contributed by atoms with van der Waals surface area (Å²) in [6.07, 6.45) is 1.15. The molecule has 1 unspecified atom stereocenters. The zero-order valence-corrected chi connectivity index (χ0v) is 14.1. The van der Waals surface area contributed by atoms with E-state index < -0.39 is 0 Å². The lowest BCUT2D eigenvalue weighted by atomic mass is 10.0. The van der Waals surface area contributed by atoms with E-state index in [2.05, 4.69) is 30.1 Å². The van der Waals surface area contributed by atoms with Gasteiger partial charge in [0.25, 0.3) is 0 Å². The molecular weight excluding hydrogens is 298 g/mol. The van der Waals surface area contributed by atoms with Crippen LogP contribution in [0.5, 0.6) is 0 Å². The maximum absolute atomic E-state index is 8.92. The van der Waals surface area contributed by atoms with Crippen molar-refractivity contribution in [3.8, 4) is 6.07 Å². The molecule has 120 valence electrons. The number of hydrogen-bond acceptors (Lipinski definition) is 4. The topological polar surface area (TPSA) is 48.3 Å². The number of halogens is 1. The summed E-state index contributed by atoms with van der Waals surface area (Å²) in [5.41, 5.74) is 1.48. The van der Waals surface area contributed by atoms with Gasteiger partial charge in [-0.1, -0.05) is 25.4 Å². The van der Waals surface area contributed by atoms with Gasteiger partial charge in [-0.3, -0.25) is 4.90 Å². The second-order valence-electron chi connectivity index (χ2n) is 6.12. The summed E-state index contributed by atoms with van der Waals surface area (Å²) in [5.74, 6) is 0.652. The highest BCUT2D eigenvalue weighted by Gasteiger charge is 2.21. The van der Waals surface area contributed by atoms with Crippen molar-refractivity contribution in [3.05, 3.63) is 28.8 Å². The third kappa shape index (κ3) is 4.88. The summed E-state index contributed by atoms with van der Waals surface area (Å²) >= 11 is 6.09. The Balaban J connectivity index is 1.98. The van der Waals surface area contributed by atoms with Gasteiger partial charge < -0.3 is 10.1 Å². The fourth-order valence-electron chi connectivity index (χ4n) is 2.80. The van der Waals surface area contributed by atoms with E-state index in [1.54, 1.807) is 6.07 Å². The van der Waals surface area contributed by atoms with E-state index in [0.717, 1.165) is 45.0 Å². The van der Waals surface area contributed by atoms with Gasteiger partial charge in [-0.05, 0) is 30.5 Å². The number of nitriles is 1. The summed E-state index contributed by atoms with van der Waals surface area (Å²) in [6.45, 7) is 9.01. The molecule has 1 atom stereocenters. The van der Waals surface area contributed by atoms with Gasteiger partial charge in [0.2, 0.25) is 0 Å². The van der Waals surface area contributed by atoms with Gasteiger partial charge in [0.1, 0.15) is 6.07 Å². The van der Waals surface area contributed by atoms with Crippen molar-refractivity contribution in [2.75, 3.05) is 38.2 Å². The van der Waals surface area contributed by atoms with Gasteiger partial charge in [0.15, 0.2) is 0 Å². The van der Waals surface area contributed by atoms with E-state index in [1.165, 1.54) is 0 Å². The van der Waals surface area contributed by atoms with Crippen molar-refractivity contribution >= 4 is 17.3 Å². The van der Waals surface area contributed by atoms with Crippen LogP contribution < -0.4 is 5.32 Å². The Morgan fingerprint density at radius 1 is 1.36 bits per heavy atom. The van der Waals surface area contributed by atoms with Crippen molar-refractivity contribution in [2.45, 2.75) is 26.3 Å². The standard InChI is InChI=1S/C17H24ClN3O/c1-13(2)9-16(21-5-7-22-8-6-21)12-20-15-4-3-14(11-19)17(18)10-15/h3-4,10,13,16,20H,5-9,12H2,1-2H3. The molecule has 22 heavy (non-hydrogen) atoms. The van der Waals surface area contributed by atoms with Crippen LogP contribution in [-0.2, 0) is 4.74 Å². The van der Waals surface area contributed by atoms with E-state index >= 15 is 0 Å². The molecule has 0 aliphatic carbocycles. The van der Waals surface area contributed by atoms with Crippen molar-refractivity contribution in [3.63, 3.8) is 0 Å². The first kappa shape index (κ1) is 17.1. The van der Waals surface area contributed by atoms with E-state index in [1.807, 2.05) is 12.1 Å². The summed E-state index contributed by atoms with van der Waals surface area (Å²) < 4.78 is 5.45. The molecule has 1 aromatic rings. The van der Waals surface area contributed by atoms with Crippen LogP contribution in [0.15, 0.2) is 18.2 Å². The molecule has 2 rings (SSSR count). The molecule has 0 aromatic heterocycles. The van der Waals surface area contributed by atoms with E-state index in [9.17, 15) is 0 Å². The Morgan fingerprint density at radius 2 is 2.09 bits per heavy atom. The van der Waals surface area contributed by atoms with E-state index in [4.69, 9.17) is 21.6 Å². The number of rotatable bonds is 6. The Hall–Kier alpha value is -1.28. The minimum Gasteiger partial charge on any atom is -0.383 e. The molecule has 1 heterocycles.